The van der Waals surface area contributed by atoms with Crippen molar-refractivity contribution >= 4 is 28.4 Å². The number of ketones is 1. The fourth-order valence-corrected chi connectivity index (χ4v) is 3.20. The molecule has 0 bridgehead atoms. The quantitative estimate of drug-likeness (QED) is 0.322. The number of halogens is 3. The molecule has 138 valence electrons. The van der Waals surface area contributed by atoms with E-state index in [1.807, 2.05) is 0 Å². The predicted molar refractivity (Wildman–Crippen MR) is 93.1 cm³/mol. The zero-order chi connectivity index (χ0) is 19.6. The van der Waals surface area contributed by atoms with Crippen LogP contribution in [0.15, 0.2) is 35.8 Å². The molecule has 2 rings (SSSR count). The van der Waals surface area contributed by atoms with Crippen molar-refractivity contribution in [1.29, 1.82) is 0 Å². The standard InChI is InChI=1S/C17H15F3N2O3S/c1-10-6-7-26-16(10)15(23)13(9-21(2)3)12-5-4-11(17(18,19)20)8-14(12)22(24)25/h4-9H,1-3H3/b13-9+. The molecule has 0 saturated heterocycles. The number of aryl methyl sites for hydroxylation is 1. The molecule has 5 nitrogen and oxygen atoms in total. The average molecular weight is 384 g/mol. The zero-order valence-electron chi connectivity index (χ0n) is 14.1. The van der Waals surface area contributed by atoms with E-state index < -0.39 is 28.1 Å². The first-order valence-electron chi connectivity index (χ1n) is 7.35. The number of Topliss-reactive ketones (excluding diaryl/α,β-unsaturated/α-hetero) is 1. The Morgan fingerprint density at radius 1 is 1.27 bits per heavy atom. The molecule has 0 aliphatic rings. The second-order valence-electron chi connectivity index (χ2n) is 5.76. The largest absolute Gasteiger partial charge is 0.416 e. The molecular weight excluding hydrogens is 369 g/mol. The number of rotatable bonds is 5. The molecule has 0 radical (unpaired) electrons. The number of hydrogen-bond acceptors (Lipinski definition) is 5. The number of carbonyl (C=O) groups is 1. The average Bonchev–Trinajstić information content (AvgIpc) is 2.96. The number of alkyl halides is 3. The van der Waals surface area contributed by atoms with E-state index in [4.69, 9.17) is 0 Å². The summed E-state index contributed by atoms with van der Waals surface area (Å²) < 4.78 is 38.7. The summed E-state index contributed by atoms with van der Waals surface area (Å²) in [5, 5.41) is 13.1. The number of nitrogens with zero attached hydrogens (tertiary/aromatic N) is 2. The van der Waals surface area contributed by atoms with Crippen LogP contribution in [0.4, 0.5) is 18.9 Å². The van der Waals surface area contributed by atoms with Crippen LogP contribution in [-0.4, -0.2) is 29.7 Å². The molecule has 0 aliphatic heterocycles. The lowest BCUT2D eigenvalue weighted by Gasteiger charge is -2.13. The highest BCUT2D eigenvalue weighted by molar-refractivity contribution is 7.12. The molecule has 0 N–H and O–H groups in total. The fraction of sp³-hybridized carbons (Fsp3) is 0.235. The number of benzene rings is 1. The molecule has 0 fully saturated rings. The lowest BCUT2D eigenvalue weighted by atomic mass is 9.97. The summed E-state index contributed by atoms with van der Waals surface area (Å²) in [7, 11) is 3.23. The van der Waals surface area contributed by atoms with Crippen molar-refractivity contribution in [3.8, 4) is 0 Å². The van der Waals surface area contributed by atoms with Gasteiger partial charge in [-0.05, 0) is 36.1 Å². The summed E-state index contributed by atoms with van der Waals surface area (Å²) >= 11 is 1.17. The first kappa shape index (κ1) is 19.6. The van der Waals surface area contributed by atoms with Crippen LogP contribution in [0, 0.1) is 17.0 Å². The van der Waals surface area contributed by atoms with Gasteiger partial charge in [0.2, 0.25) is 5.78 Å². The number of nitro groups is 1. The normalized spacial score (nSPS) is 12.2. The monoisotopic (exact) mass is 384 g/mol. The molecule has 0 aliphatic carbocycles. The van der Waals surface area contributed by atoms with E-state index in [2.05, 4.69) is 0 Å². The van der Waals surface area contributed by atoms with Gasteiger partial charge in [-0.1, -0.05) is 0 Å². The summed E-state index contributed by atoms with van der Waals surface area (Å²) in [6.45, 7) is 1.72. The Kier molecular flexibility index (Phi) is 5.50. The van der Waals surface area contributed by atoms with Gasteiger partial charge in [0.1, 0.15) is 0 Å². The van der Waals surface area contributed by atoms with Gasteiger partial charge in [0.25, 0.3) is 5.69 Å². The Labute approximate surface area is 151 Å². The zero-order valence-corrected chi connectivity index (χ0v) is 14.9. The molecule has 26 heavy (non-hydrogen) atoms. The molecule has 1 heterocycles. The van der Waals surface area contributed by atoms with Gasteiger partial charge in [-0.2, -0.15) is 13.2 Å². The van der Waals surface area contributed by atoms with E-state index >= 15 is 0 Å². The number of carbonyl (C=O) groups excluding carboxylic acids is 1. The van der Waals surface area contributed by atoms with E-state index in [1.165, 1.54) is 22.4 Å². The van der Waals surface area contributed by atoms with Crippen LogP contribution in [-0.2, 0) is 6.18 Å². The minimum Gasteiger partial charge on any atom is -0.383 e. The summed E-state index contributed by atoms with van der Waals surface area (Å²) in [6.07, 6.45) is -3.35. The van der Waals surface area contributed by atoms with Gasteiger partial charge >= 0.3 is 6.18 Å². The smallest absolute Gasteiger partial charge is 0.383 e. The topological polar surface area (TPSA) is 63.5 Å². The van der Waals surface area contributed by atoms with Gasteiger partial charge < -0.3 is 4.90 Å². The number of thiophene rings is 1. The van der Waals surface area contributed by atoms with Gasteiger partial charge in [0.15, 0.2) is 0 Å². The van der Waals surface area contributed by atoms with Crippen molar-refractivity contribution in [1.82, 2.24) is 4.90 Å². The third-order valence-electron chi connectivity index (χ3n) is 3.51. The number of nitro benzene ring substituents is 1. The summed E-state index contributed by atoms with van der Waals surface area (Å²) in [5.41, 5.74) is -1.41. The van der Waals surface area contributed by atoms with E-state index in [1.54, 1.807) is 32.5 Å². The lowest BCUT2D eigenvalue weighted by molar-refractivity contribution is -0.385. The first-order valence-corrected chi connectivity index (χ1v) is 8.23. The molecule has 0 amide bonds. The Bertz CT molecular complexity index is 886. The van der Waals surface area contributed by atoms with E-state index in [9.17, 15) is 28.1 Å². The van der Waals surface area contributed by atoms with Crippen molar-refractivity contribution < 1.29 is 22.9 Å². The highest BCUT2D eigenvalue weighted by Crippen LogP contribution is 2.36. The lowest BCUT2D eigenvalue weighted by Crippen LogP contribution is -2.12. The van der Waals surface area contributed by atoms with Crippen LogP contribution in [0.3, 0.4) is 0 Å². The van der Waals surface area contributed by atoms with Crippen LogP contribution < -0.4 is 0 Å². The van der Waals surface area contributed by atoms with Crippen molar-refractivity contribution in [3.05, 3.63) is 67.5 Å². The van der Waals surface area contributed by atoms with Crippen molar-refractivity contribution in [3.63, 3.8) is 0 Å². The van der Waals surface area contributed by atoms with Crippen LogP contribution in [0.1, 0.15) is 26.4 Å². The molecular formula is C17H15F3N2O3S. The summed E-state index contributed by atoms with van der Waals surface area (Å²) in [5.74, 6) is -0.478. The molecule has 0 atom stereocenters. The number of hydrogen-bond donors (Lipinski definition) is 0. The third kappa shape index (κ3) is 4.10. The Balaban J connectivity index is 2.68. The third-order valence-corrected chi connectivity index (χ3v) is 4.53. The Hall–Kier alpha value is -2.68. The maximum absolute atomic E-state index is 12.9. The summed E-state index contributed by atoms with van der Waals surface area (Å²) in [6, 6.07) is 3.89. The van der Waals surface area contributed by atoms with Gasteiger partial charge in [-0.3, -0.25) is 14.9 Å². The van der Waals surface area contributed by atoms with Crippen molar-refractivity contribution in [2.24, 2.45) is 0 Å². The molecule has 0 spiro atoms. The van der Waals surface area contributed by atoms with Crippen molar-refractivity contribution in [2.75, 3.05) is 14.1 Å². The SMILES string of the molecule is Cc1ccsc1C(=O)/C(=C/N(C)C)c1ccc(C(F)(F)F)cc1[N+](=O)[O-]. The molecule has 1 aromatic heterocycles. The highest BCUT2D eigenvalue weighted by atomic mass is 32.1. The highest BCUT2D eigenvalue weighted by Gasteiger charge is 2.34. The molecule has 0 saturated carbocycles. The molecule has 1 aromatic carbocycles. The molecule has 2 aromatic rings. The van der Waals surface area contributed by atoms with Crippen LogP contribution in [0.2, 0.25) is 0 Å². The minimum absolute atomic E-state index is 0.0408. The number of allylic oxidation sites excluding steroid dienone is 1. The molecule has 0 unspecified atom stereocenters. The minimum atomic E-state index is -4.72. The van der Waals surface area contributed by atoms with Crippen LogP contribution in [0.5, 0.6) is 0 Å². The maximum Gasteiger partial charge on any atom is 0.416 e. The second kappa shape index (κ2) is 7.28. The summed E-state index contributed by atoms with van der Waals surface area (Å²) in [4.78, 5) is 25.2. The van der Waals surface area contributed by atoms with Crippen molar-refractivity contribution in [2.45, 2.75) is 13.1 Å². The maximum atomic E-state index is 12.9. The van der Waals surface area contributed by atoms with Gasteiger partial charge in [0.05, 0.1) is 26.5 Å². The van der Waals surface area contributed by atoms with Gasteiger partial charge in [-0.25, -0.2) is 0 Å². The van der Waals surface area contributed by atoms with Crippen LogP contribution in [0.25, 0.3) is 5.57 Å². The van der Waals surface area contributed by atoms with E-state index in [0.29, 0.717) is 16.5 Å². The Morgan fingerprint density at radius 3 is 2.38 bits per heavy atom. The molecule has 9 heteroatoms. The van der Waals surface area contributed by atoms with Gasteiger partial charge in [-0.15, -0.1) is 11.3 Å². The van der Waals surface area contributed by atoms with E-state index in [-0.39, 0.29) is 11.1 Å². The first-order chi connectivity index (χ1) is 12.0. The Morgan fingerprint density at radius 2 is 1.92 bits per heavy atom. The van der Waals surface area contributed by atoms with Gasteiger partial charge in [0, 0.05) is 26.4 Å². The fourth-order valence-electron chi connectivity index (χ4n) is 2.32. The van der Waals surface area contributed by atoms with E-state index in [0.717, 1.165) is 12.1 Å². The van der Waals surface area contributed by atoms with Crippen LogP contribution >= 0.6 is 11.3 Å². The predicted octanol–water partition coefficient (Wildman–Crippen LogP) is 4.77. The second-order valence-corrected chi connectivity index (χ2v) is 6.67.